The summed E-state index contributed by atoms with van der Waals surface area (Å²) in [5.41, 5.74) is 15.7. The van der Waals surface area contributed by atoms with Crippen molar-refractivity contribution < 1.29 is 14.6 Å². The number of carbonyl (C=O) groups is 1. The summed E-state index contributed by atoms with van der Waals surface area (Å²) in [6.07, 6.45) is 4.48. The van der Waals surface area contributed by atoms with E-state index < -0.39 is 0 Å². The van der Waals surface area contributed by atoms with Crippen LogP contribution in [0.15, 0.2) is 29.3 Å². The van der Waals surface area contributed by atoms with E-state index in [1.54, 1.807) is 24.3 Å². The smallest absolute Gasteiger partial charge is 0.319 e. The number of hydrogen-bond donors (Lipinski definition) is 5. The standard InChI is InChI=1S/C25H35N5O3/c1-15-16(2)22-20(17(3)21(15)31)10-12-25(4,33-22)11-5-6-13-28-24(32)30-19-9-7-8-18(14-19)29-23(26)27/h7-9,14,31H,5-6,10-13H2,1-4H3,(H4,26,27,29)(H2,28,30,32). The van der Waals surface area contributed by atoms with Gasteiger partial charge in [-0.2, -0.15) is 0 Å². The predicted molar refractivity (Wildman–Crippen MR) is 132 cm³/mol. The molecule has 0 aliphatic carbocycles. The number of nitrogens with zero attached hydrogens (tertiary/aromatic N) is 1. The molecule has 1 aliphatic heterocycles. The van der Waals surface area contributed by atoms with E-state index in [-0.39, 0.29) is 17.6 Å². The summed E-state index contributed by atoms with van der Waals surface area (Å²) >= 11 is 0. The molecule has 0 radical (unpaired) electrons. The van der Waals surface area contributed by atoms with Gasteiger partial charge in [0.05, 0.1) is 5.69 Å². The second-order valence-corrected chi connectivity index (χ2v) is 9.01. The van der Waals surface area contributed by atoms with E-state index in [9.17, 15) is 9.90 Å². The molecular weight excluding hydrogens is 418 g/mol. The highest BCUT2D eigenvalue weighted by Gasteiger charge is 2.34. The summed E-state index contributed by atoms with van der Waals surface area (Å²) in [6, 6.07) is 6.72. The van der Waals surface area contributed by atoms with Crippen LogP contribution < -0.4 is 26.8 Å². The first kappa shape index (κ1) is 24.2. The van der Waals surface area contributed by atoms with E-state index in [0.717, 1.165) is 60.1 Å². The van der Waals surface area contributed by atoms with Crippen LogP contribution >= 0.6 is 0 Å². The molecule has 8 nitrogen and oxygen atoms in total. The normalized spacial score (nSPS) is 17.0. The minimum absolute atomic E-state index is 0.0330. The van der Waals surface area contributed by atoms with Crippen LogP contribution in [0.25, 0.3) is 0 Å². The van der Waals surface area contributed by atoms with Gasteiger partial charge in [0.15, 0.2) is 5.96 Å². The average Bonchev–Trinajstić information content (AvgIpc) is 2.75. The topological polar surface area (TPSA) is 135 Å². The Bertz CT molecular complexity index is 1060. The zero-order chi connectivity index (χ0) is 24.2. The Hall–Kier alpha value is -3.42. The van der Waals surface area contributed by atoms with Crippen LogP contribution in [-0.4, -0.2) is 29.2 Å². The Morgan fingerprint density at radius 3 is 2.67 bits per heavy atom. The van der Waals surface area contributed by atoms with Crippen LogP contribution in [0.4, 0.5) is 16.2 Å². The van der Waals surface area contributed by atoms with Gasteiger partial charge in [-0.1, -0.05) is 6.07 Å². The molecule has 2 aromatic carbocycles. The van der Waals surface area contributed by atoms with E-state index >= 15 is 0 Å². The average molecular weight is 454 g/mol. The minimum atomic E-state index is -0.271. The highest BCUT2D eigenvalue weighted by Crippen LogP contribution is 2.44. The third kappa shape index (κ3) is 5.88. The molecular formula is C25H35N5O3. The lowest BCUT2D eigenvalue weighted by Crippen LogP contribution is -2.37. The maximum Gasteiger partial charge on any atom is 0.319 e. The van der Waals surface area contributed by atoms with Crippen LogP contribution in [0, 0.1) is 20.8 Å². The van der Waals surface area contributed by atoms with Crippen LogP contribution in [0.2, 0.25) is 0 Å². The number of aromatic hydroxyl groups is 1. The Kier molecular flexibility index (Phi) is 7.36. The zero-order valence-corrected chi connectivity index (χ0v) is 19.9. The van der Waals surface area contributed by atoms with E-state index in [2.05, 4.69) is 22.5 Å². The number of anilines is 1. The van der Waals surface area contributed by atoms with Crippen molar-refractivity contribution in [1.82, 2.24) is 5.32 Å². The number of amides is 2. The highest BCUT2D eigenvalue weighted by atomic mass is 16.5. The molecule has 1 heterocycles. The van der Waals surface area contributed by atoms with E-state index in [1.165, 1.54) is 0 Å². The van der Waals surface area contributed by atoms with Gasteiger partial charge in [-0.05, 0) is 94.7 Å². The monoisotopic (exact) mass is 453 g/mol. The largest absolute Gasteiger partial charge is 0.507 e. The second kappa shape index (κ2) is 10.0. The number of nitrogens with two attached hydrogens (primary N) is 2. The third-order valence-corrected chi connectivity index (χ3v) is 6.37. The molecule has 0 fully saturated rings. The fourth-order valence-electron chi connectivity index (χ4n) is 4.27. The number of phenolic OH excluding ortho intramolecular Hbond substituents is 1. The molecule has 33 heavy (non-hydrogen) atoms. The number of phenols is 1. The molecule has 3 rings (SSSR count). The second-order valence-electron chi connectivity index (χ2n) is 9.01. The molecule has 0 aromatic heterocycles. The lowest BCUT2D eigenvalue weighted by Gasteiger charge is -2.38. The van der Waals surface area contributed by atoms with Gasteiger partial charge in [0.25, 0.3) is 0 Å². The molecule has 1 unspecified atom stereocenters. The van der Waals surface area contributed by atoms with Gasteiger partial charge in [-0.25, -0.2) is 9.79 Å². The van der Waals surface area contributed by atoms with Crippen LogP contribution in [0.5, 0.6) is 11.5 Å². The van der Waals surface area contributed by atoms with Crippen LogP contribution in [-0.2, 0) is 6.42 Å². The first-order valence-electron chi connectivity index (χ1n) is 11.3. The van der Waals surface area contributed by atoms with Crippen molar-refractivity contribution in [2.75, 3.05) is 11.9 Å². The molecule has 1 aliphatic rings. The number of guanidine groups is 1. The summed E-state index contributed by atoms with van der Waals surface area (Å²) in [5, 5.41) is 16.0. The third-order valence-electron chi connectivity index (χ3n) is 6.37. The van der Waals surface area contributed by atoms with E-state index in [0.29, 0.717) is 23.7 Å². The number of fused-ring (bicyclic) bond motifs is 1. The number of benzene rings is 2. The van der Waals surface area contributed by atoms with E-state index in [4.69, 9.17) is 16.2 Å². The summed E-state index contributed by atoms with van der Waals surface area (Å²) in [5.74, 6) is 1.28. The molecule has 2 aromatic rings. The van der Waals surface area contributed by atoms with Crippen molar-refractivity contribution >= 4 is 23.4 Å². The SMILES string of the molecule is Cc1c(C)c2c(c(C)c1O)CCC(C)(CCCCNC(=O)Nc1cccc(N=C(N)N)c1)O2. The van der Waals surface area contributed by atoms with E-state index in [1.807, 2.05) is 20.8 Å². The lowest BCUT2D eigenvalue weighted by atomic mass is 9.85. The first-order valence-corrected chi connectivity index (χ1v) is 11.3. The Morgan fingerprint density at radius 2 is 1.94 bits per heavy atom. The lowest BCUT2D eigenvalue weighted by molar-refractivity contribution is 0.0524. The van der Waals surface area contributed by atoms with Crippen LogP contribution in [0.3, 0.4) is 0 Å². The van der Waals surface area contributed by atoms with Crippen molar-refractivity contribution in [3.8, 4) is 11.5 Å². The Labute approximate surface area is 195 Å². The van der Waals surface area contributed by atoms with Gasteiger partial charge in [-0.3, -0.25) is 0 Å². The molecule has 2 amide bonds. The van der Waals surface area contributed by atoms with Crippen molar-refractivity contribution in [3.63, 3.8) is 0 Å². The number of urea groups is 1. The number of hydrogen-bond acceptors (Lipinski definition) is 4. The maximum atomic E-state index is 12.2. The number of carbonyl (C=O) groups excluding carboxylic acids is 1. The number of rotatable bonds is 7. The maximum absolute atomic E-state index is 12.2. The van der Waals surface area contributed by atoms with Crippen molar-refractivity contribution in [2.45, 2.75) is 65.4 Å². The Morgan fingerprint density at radius 1 is 1.18 bits per heavy atom. The molecule has 1 atom stereocenters. The van der Waals surface area contributed by atoms with Gasteiger partial charge >= 0.3 is 6.03 Å². The number of ether oxygens (including phenoxy) is 1. The fraction of sp³-hybridized carbons (Fsp3) is 0.440. The predicted octanol–water partition coefficient (Wildman–Crippen LogP) is 4.30. The molecule has 0 saturated carbocycles. The molecule has 0 bridgehead atoms. The Balaban J connectivity index is 1.46. The van der Waals surface area contributed by atoms with Crippen LogP contribution in [0.1, 0.15) is 54.9 Å². The van der Waals surface area contributed by atoms with Gasteiger partial charge in [0.1, 0.15) is 17.1 Å². The number of aliphatic imine (C=N–C) groups is 1. The summed E-state index contributed by atoms with van der Waals surface area (Å²) < 4.78 is 6.47. The van der Waals surface area contributed by atoms with Gasteiger partial charge in [0.2, 0.25) is 0 Å². The first-order chi connectivity index (χ1) is 15.6. The number of nitrogens with one attached hydrogen (secondary N) is 2. The van der Waals surface area contributed by atoms with Crippen molar-refractivity contribution in [1.29, 1.82) is 0 Å². The van der Waals surface area contributed by atoms with Crippen molar-refractivity contribution in [3.05, 3.63) is 46.5 Å². The van der Waals surface area contributed by atoms with Gasteiger partial charge < -0.3 is 31.9 Å². The quantitative estimate of drug-likeness (QED) is 0.242. The fourth-order valence-corrected chi connectivity index (χ4v) is 4.27. The molecule has 0 spiro atoms. The van der Waals surface area contributed by atoms with Gasteiger partial charge in [-0.15, -0.1) is 0 Å². The summed E-state index contributed by atoms with van der Waals surface area (Å²) in [7, 11) is 0. The summed E-state index contributed by atoms with van der Waals surface area (Å²) in [6.45, 7) is 8.62. The summed E-state index contributed by atoms with van der Waals surface area (Å²) in [4.78, 5) is 16.2. The van der Waals surface area contributed by atoms with Crippen molar-refractivity contribution in [2.24, 2.45) is 16.5 Å². The molecule has 7 N–H and O–H groups in total. The van der Waals surface area contributed by atoms with Gasteiger partial charge in [0, 0.05) is 17.8 Å². The number of unbranched alkanes of at least 4 members (excludes halogenated alkanes) is 1. The molecule has 178 valence electrons. The molecule has 0 saturated heterocycles. The molecule has 8 heteroatoms. The minimum Gasteiger partial charge on any atom is -0.507 e. The highest BCUT2D eigenvalue weighted by molar-refractivity contribution is 5.90. The zero-order valence-electron chi connectivity index (χ0n) is 19.9.